The summed E-state index contributed by atoms with van der Waals surface area (Å²) in [6.07, 6.45) is 1.70. The lowest BCUT2D eigenvalue weighted by Crippen LogP contribution is -2.35. The molecule has 36 heavy (non-hydrogen) atoms. The van der Waals surface area contributed by atoms with Gasteiger partial charge in [-0.25, -0.2) is 4.57 Å². The van der Waals surface area contributed by atoms with Crippen LogP contribution in [0.5, 0.6) is 0 Å². The van der Waals surface area contributed by atoms with Crippen molar-refractivity contribution in [3.05, 3.63) is 108 Å². The van der Waals surface area contributed by atoms with Crippen molar-refractivity contribution in [2.75, 3.05) is 11.9 Å². The van der Waals surface area contributed by atoms with Gasteiger partial charge >= 0.3 is 6.18 Å². The standard InChI is InChI=1S/C30H29F3N3/c1-5-35-26-20-21(30(31,32)33)18-19-25(26)36(22-12-7-6-8-13-22)28(35)17-11-16-27-29(2,3)23-14-9-10-15-24(23)34(27)4/h6-20H,5H2,1-4H3/q+1. The molecule has 6 heteroatoms. The van der Waals surface area contributed by atoms with E-state index in [2.05, 4.69) is 50.1 Å². The number of likely N-dealkylation sites (N-methyl/N-ethyl adjacent to an activating group) is 1. The molecule has 0 atom stereocenters. The summed E-state index contributed by atoms with van der Waals surface area (Å²) in [5.74, 6) is 0.811. The second kappa shape index (κ2) is 8.70. The molecule has 4 aromatic rings. The number of aromatic nitrogens is 2. The zero-order chi connectivity index (χ0) is 25.7. The highest BCUT2D eigenvalue weighted by Crippen LogP contribution is 2.46. The van der Waals surface area contributed by atoms with Crippen LogP contribution >= 0.6 is 0 Å². The van der Waals surface area contributed by atoms with Crippen LogP contribution in [0.2, 0.25) is 0 Å². The number of para-hydroxylation sites is 2. The number of anilines is 1. The number of halogens is 3. The quantitative estimate of drug-likeness (QED) is 0.275. The number of allylic oxidation sites excluding steroid dienone is 3. The number of benzene rings is 3. The lowest BCUT2D eigenvalue weighted by molar-refractivity contribution is -0.670. The second-order valence-electron chi connectivity index (χ2n) is 9.59. The third kappa shape index (κ3) is 3.81. The fraction of sp³-hybridized carbons (Fsp3) is 0.233. The molecule has 3 nitrogen and oxygen atoms in total. The number of hydrogen-bond acceptors (Lipinski definition) is 1. The van der Waals surface area contributed by atoms with Gasteiger partial charge in [0.15, 0.2) is 11.0 Å². The molecule has 184 valence electrons. The summed E-state index contributed by atoms with van der Waals surface area (Å²) in [6.45, 7) is 6.90. The molecule has 5 rings (SSSR count). The number of aryl methyl sites for hydroxylation is 1. The van der Waals surface area contributed by atoms with Gasteiger partial charge in [0, 0.05) is 36.0 Å². The van der Waals surface area contributed by atoms with E-state index in [9.17, 15) is 13.2 Å². The first-order valence-corrected chi connectivity index (χ1v) is 12.1. The number of imidazole rings is 1. The van der Waals surface area contributed by atoms with Crippen molar-refractivity contribution in [1.82, 2.24) is 4.57 Å². The summed E-state index contributed by atoms with van der Waals surface area (Å²) in [4.78, 5) is 2.20. The summed E-state index contributed by atoms with van der Waals surface area (Å²) < 4.78 is 44.6. The van der Waals surface area contributed by atoms with Crippen molar-refractivity contribution in [3.8, 4) is 5.69 Å². The SMILES string of the molecule is CC[n+]1c(/C=C/C=C2\N(C)c3ccccc3C2(C)C)n(-c2ccccc2)c2ccc(C(F)(F)F)cc21. The largest absolute Gasteiger partial charge is 0.416 e. The first-order chi connectivity index (χ1) is 17.1. The van der Waals surface area contributed by atoms with E-state index < -0.39 is 11.7 Å². The fourth-order valence-corrected chi connectivity index (χ4v) is 5.34. The summed E-state index contributed by atoms with van der Waals surface area (Å²) in [5, 5.41) is 0. The van der Waals surface area contributed by atoms with Crippen LogP contribution in [0.3, 0.4) is 0 Å². The minimum atomic E-state index is -4.40. The third-order valence-electron chi connectivity index (χ3n) is 7.11. The van der Waals surface area contributed by atoms with Crippen LogP contribution in [0.4, 0.5) is 18.9 Å². The Balaban J connectivity index is 1.67. The van der Waals surface area contributed by atoms with Gasteiger partial charge in [-0.05, 0) is 48.9 Å². The number of alkyl halides is 3. The predicted molar refractivity (Wildman–Crippen MR) is 139 cm³/mol. The van der Waals surface area contributed by atoms with Gasteiger partial charge in [-0.1, -0.05) is 56.3 Å². The average molecular weight is 489 g/mol. The van der Waals surface area contributed by atoms with Crippen molar-refractivity contribution in [2.45, 2.75) is 38.9 Å². The van der Waals surface area contributed by atoms with Crippen molar-refractivity contribution < 1.29 is 17.7 Å². The van der Waals surface area contributed by atoms with Crippen molar-refractivity contribution in [1.29, 1.82) is 0 Å². The van der Waals surface area contributed by atoms with E-state index in [-0.39, 0.29) is 5.41 Å². The molecule has 1 aliphatic heterocycles. The Kier molecular flexibility index (Phi) is 5.78. The van der Waals surface area contributed by atoms with Crippen LogP contribution in [-0.2, 0) is 18.1 Å². The minimum Gasteiger partial charge on any atom is -0.347 e. The fourth-order valence-electron chi connectivity index (χ4n) is 5.34. The van der Waals surface area contributed by atoms with Gasteiger partial charge in [-0.2, -0.15) is 17.7 Å². The Morgan fingerprint density at radius 3 is 2.31 bits per heavy atom. The van der Waals surface area contributed by atoms with E-state index in [4.69, 9.17) is 0 Å². The highest BCUT2D eigenvalue weighted by molar-refractivity contribution is 5.78. The van der Waals surface area contributed by atoms with Gasteiger partial charge in [-0.15, -0.1) is 0 Å². The highest BCUT2D eigenvalue weighted by Gasteiger charge is 2.38. The van der Waals surface area contributed by atoms with Crippen LogP contribution in [0.25, 0.3) is 22.8 Å². The maximum absolute atomic E-state index is 13.5. The molecule has 0 aliphatic carbocycles. The Hall–Kier alpha value is -3.80. The monoisotopic (exact) mass is 488 g/mol. The second-order valence-corrected chi connectivity index (χ2v) is 9.59. The molecular weight excluding hydrogens is 459 g/mol. The molecule has 1 aliphatic rings. The number of fused-ring (bicyclic) bond motifs is 2. The zero-order valence-electron chi connectivity index (χ0n) is 20.8. The van der Waals surface area contributed by atoms with E-state index >= 15 is 0 Å². The van der Waals surface area contributed by atoms with Crippen LogP contribution in [-0.4, -0.2) is 11.6 Å². The Labute approximate surface area is 209 Å². The topological polar surface area (TPSA) is 12.1 Å². The minimum absolute atomic E-state index is 0.163. The van der Waals surface area contributed by atoms with Crippen molar-refractivity contribution >= 4 is 22.8 Å². The molecule has 1 aromatic heterocycles. The van der Waals surface area contributed by atoms with Gasteiger partial charge in [0.2, 0.25) is 0 Å². The zero-order valence-corrected chi connectivity index (χ0v) is 20.8. The lowest BCUT2D eigenvalue weighted by Gasteiger charge is -2.23. The predicted octanol–water partition coefficient (Wildman–Crippen LogP) is 7.28. The number of rotatable bonds is 4. The van der Waals surface area contributed by atoms with E-state index in [0.717, 1.165) is 28.8 Å². The number of hydrogen-bond donors (Lipinski definition) is 0. The number of nitrogens with zero attached hydrogens (tertiary/aromatic N) is 3. The molecule has 3 aromatic carbocycles. The smallest absolute Gasteiger partial charge is 0.347 e. The van der Waals surface area contributed by atoms with Gasteiger partial charge in [0.05, 0.1) is 12.1 Å². The van der Waals surface area contributed by atoms with Gasteiger partial charge in [0.1, 0.15) is 5.69 Å². The van der Waals surface area contributed by atoms with Gasteiger partial charge in [-0.3, -0.25) is 0 Å². The molecule has 0 unspecified atom stereocenters. The molecule has 0 N–H and O–H groups in total. The molecule has 0 fully saturated rings. The molecule has 2 heterocycles. The Bertz CT molecular complexity index is 1490. The maximum Gasteiger partial charge on any atom is 0.416 e. The summed E-state index contributed by atoms with van der Waals surface area (Å²) in [7, 11) is 2.07. The molecule has 0 saturated carbocycles. The average Bonchev–Trinajstić information content (AvgIpc) is 3.27. The molecule has 0 saturated heterocycles. The molecule has 0 amide bonds. The summed E-state index contributed by atoms with van der Waals surface area (Å²) in [6, 6.07) is 22.1. The van der Waals surface area contributed by atoms with Crippen LogP contribution in [0.15, 0.2) is 90.6 Å². The van der Waals surface area contributed by atoms with Crippen LogP contribution < -0.4 is 9.47 Å². The van der Waals surface area contributed by atoms with Gasteiger partial charge in [0.25, 0.3) is 5.82 Å². The third-order valence-corrected chi connectivity index (χ3v) is 7.11. The van der Waals surface area contributed by atoms with Crippen LogP contribution in [0.1, 0.15) is 37.7 Å². The van der Waals surface area contributed by atoms with Crippen molar-refractivity contribution in [2.24, 2.45) is 0 Å². The van der Waals surface area contributed by atoms with E-state index in [1.165, 1.54) is 17.3 Å². The summed E-state index contributed by atoms with van der Waals surface area (Å²) >= 11 is 0. The highest BCUT2D eigenvalue weighted by atomic mass is 19.4. The Morgan fingerprint density at radius 1 is 0.944 bits per heavy atom. The summed E-state index contributed by atoms with van der Waals surface area (Å²) in [5.41, 5.74) is 4.98. The molecular formula is C30H29F3N3+. The van der Waals surface area contributed by atoms with Gasteiger partial charge < -0.3 is 4.90 Å². The molecule has 0 spiro atoms. The normalized spacial score (nSPS) is 16.4. The van der Waals surface area contributed by atoms with Crippen LogP contribution in [0, 0.1) is 0 Å². The Morgan fingerprint density at radius 2 is 1.64 bits per heavy atom. The first-order valence-electron chi connectivity index (χ1n) is 12.1. The molecule has 0 radical (unpaired) electrons. The van der Waals surface area contributed by atoms with E-state index in [0.29, 0.717) is 12.1 Å². The maximum atomic E-state index is 13.5. The van der Waals surface area contributed by atoms with E-state index in [1.807, 2.05) is 64.6 Å². The first kappa shape index (κ1) is 23.9. The van der Waals surface area contributed by atoms with E-state index in [1.54, 1.807) is 6.07 Å². The molecule has 0 bridgehead atoms. The lowest BCUT2D eigenvalue weighted by atomic mass is 9.84. The van der Waals surface area contributed by atoms with Crippen molar-refractivity contribution in [3.63, 3.8) is 0 Å².